The minimum Gasteiger partial charge on any atom is -0.368 e. The Morgan fingerprint density at radius 1 is 1.62 bits per heavy atom. The molecule has 1 aliphatic heterocycles. The highest BCUT2D eigenvalue weighted by molar-refractivity contribution is 5.81. The van der Waals surface area contributed by atoms with Gasteiger partial charge in [-0.1, -0.05) is 13.8 Å². The van der Waals surface area contributed by atoms with E-state index in [1.807, 2.05) is 0 Å². The summed E-state index contributed by atoms with van der Waals surface area (Å²) in [7, 11) is 0. The minimum absolute atomic E-state index is 0.0569. The van der Waals surface area contributed by atoms with Crippen LogP contribution in [0.25, 0.3) is 0 Å². The molecule has 1 saturated heterocycles. The van der Waals surface area contributed by atoms with E-state index in [1.54, 1.807) is 4.90 Å². The molecular weight excluding hydrogens is 204 g/mol. The Kier molecular flexibility index (Phi) is 5.27. The summed E-state index contributed by atoms with van der Waals surface area (Å²) in [4.78, 5) is 13.8. The predicted molar refractivity (Wildman–Crippen MR) is 60.6 cm³/mol. The predicted octanol–water partition coefficient (Wildman–Crippen LogP) is 1.56. The second-order valence-corrected chi connectivity index (χ2v) is 4.59. The molecular formula is C12H20N2O2. The molecule has 1 unspecified atom stereocenters. The lowest BCUT2D eigenvalue weighted by Gasteiger charge is -2.26. The van der Waals surface area contributed by atoms with E-state index >= 15 is 0 Å². The molecule has 0 spiro atoms. The fourth-order valence-corrected chi connectivity index (χ4v) is 1.89. The molecule has 1 fully saturated rings. The molecule has 1 rings (SSSR count). The van der Waals surface area contributed by atoms with Crippen LogP contribution in [0.2, 0.25) is 0 Å². The van der Waals surface area contributed by atoms with Crippen molar-refractivity contribution in [2.45, 2.75) is 39.2 Å². The Labute approximate surface area is 97.2 Å². The molecule has 0 aromatic rings. The van der Waals surface area contributed by atoms with E-state index in [9.17, 15) is 4.79 Å². The van der Waals surface area contributed by atoms with E-state index in [1.165, 1.54) is 0 Å². The third-order valence-corrected chi connectivity index (χ3v) is 2.60. The van der Waals surface area contributed by atoms with Gasteiger partial charge in [-0.3, -0.25) is 4.79 Å². The van der Waals surface area contributed by atoms with E-state index in [2.05, 4.69) is 19.9 Å². The molecule has 0 N–H and O–H groups in total. The van der Waals surface area contributed by atoms with Gasteiger partial charge < -0.3 is 9.64 Å². The van der Waals surface area contributed by atoms with Crippen molar-refractivity contribution >= 4 is 5.91 Å². The van der Waals surface area contributed by atoms with Crippen molar-refractivity contribution in [3.8, 4) is 6.07 Å². The number of amides is 1. The number of carbonyl (C=O) groups is 1. The van der Waals surface area contributed by atoms with Gasteiger partial charge in [-0.2, -0.15) is 5.26 Å². The first-order valence-electron chi connectivity index (χ1n) is 5.92. The average molecular weight is 224 g/mol. The quantitative estimate of drug-likeness (QED) is 0.712. The van der Waals surface area contributed by atoms with Crippen molar-refractivity contribution in [1.82, 2.24) is 4.90 Å². The number of nitriles is 1. The van der Waals surface area contributed by atoms with E-state index < -0.39 is 0 Å². The van der Waals surface area contributed by atoms with Crippen molar-refractivity contribution in [3.05, 3.63) is 0 Å². The van der Waals surface area contributed by atoms with Gasteiger partial charge in [0, 0.05) is 19.7 Å². The molecule has 0 aromatic heterocycles. The van der Waals surface area contributed by atoms with Crippen LogP contribution in [-0.4, -0.2) is 36.6 Å². The van der Waals surface area contributed by atoms with Crippen molar-refractivity contribution in [3.63, 3.8) is 0 Å². The summed E-state index contributed by atoms with van der Waals surface area (Å²) in [6.45, 7) is 6.06. The molecule has 1 atom stereocenters. The number of carbonyl (C=O) groups excluding carboxylic acids is 1. The van der Waals surface area contributed by atoms with Crippen LogP contribution in [0.5, 0.6) is 0 Å². The molecule has 4 nitrogen and oxygen atoms in total. The smallest absolute Gasteiger partial charge is 0.251 e. The lowest BCUT2D eigenvalue weighted by Crippen LogP contribution is -2.41. The fraction of sp³-hybridized carbons (Fsp3) is 0.833. The van der Waals surface area contributed by atoms with Crippen molar-refractivity contribution in [2.24, 2.45) is 5.92 Å². The van der Waals surface area contributed by atoms with Crippen LogP contribution < -0.4 is 0 Å². The molecule has 1 heterocycles. The number of nitrogens with zero attached hydrogens (tertiary/aromatic N) is 2. The Balaban J connectivity index is 2.52. The van der Waals surface area contributed by atoms with Crippen molar-refractivity contribution in [1.29, 1.82) is 5.26 Å². The van der Waals surface area contributed by atoms with Crippen LogP contribution >= 0.6 is 0 Å². The standard InChI is InChI=1S/C12H20N2O2/c1-10(2)9-14(7-4-6-13)12(15)11-5-3-8-16-11/h10-11H,3-5,7-9H2,1-2H3. The zero-order valence-corrected chi connectivity index (χ0v) is 10.1. The summed E-state index contributed by atoms with van der Waals surface area (Å²) in [5, 5.41) is 8.58. The van der Waals surface area contributed by atoms with Crippen LogP contribution in [0.1, 0.15) is 33.1 Å². The lowest BCUT2D eigenvalue weighted by molar-refractivity contribution is -0.141. The maximum Gasteiger partial charge on any atom is 0.251 e. The molecule has 1 aliphatic rings. The number of hydrogen-bond acceptors (Lipinski definition) is 3. The summed E-state index contributed by atoms with van der Waals surface area (Å²) in [5.41, 5.74) is 0. The third-order valence-electron chi connectivity index (χ3n) is 2.60. The molecule has 0 aliphatic carbocycles. The van der Waals surface area contributed by atoms with Gasteiger partial charge in [-0.15, -0.1) is 0 Å². The first kappa shape index (κ1) is 13.0. The first-order valence-corrected chi connectivity index (χ1v) is 5.92. The number of ether oxygens (including phenoxy) is 1. The summed E-state index contributed by atoms with van der Waals surface area (Å²) in [6, 6.07) is 2.08. The maximum atomic E-state index is 12.1. The average Bonchev–Trinajstić information content (AvgIpc) is 2.76. The summed E-state index contributed by atoms with van der Waals surface area (Å²) in [5.74, 6) is 0.477. The second kappa shape index (κ2) is 6.49. The normalized spacial score (nSPS) is 19.8. The van der Waals surface area contributed by atoms with Gasteiger partial charge in [-0.05, 0) is 18.8 Å². The monoisotopic (exact) mass is 224 g/mol. The molecule has 0 radical (unpaired) electrons. The Bertz CT molecular complexity index is 265. The van der Waals surface area contributed by atoms with Crippen LogP contribution in [0, 0.1) is 17.2 Å². The van der Waals surface area contributed by atoms with Gasteiger partial charge in [0.05, 0.1) is 12.5 Å². The van der Waals surface area contributed by atoms with Gasteiger partial charge in [0.15, 0.2) is 0 Å². The lowest BCUT2D eigenvalue weighted by atomic mass is 10.1. The summed E-state index contributed by atoms with van der Waals surface area (Å²) < 4.78 is 5.38. The topological polar surface area (TPSA) is 53.3 Å². The van der Waals surface area contributed by atoms with E-state index in [4.69, 9.17) is 10.00 Å². The molecule has 4 heteroatoms. The Morgan fingerprint density at radius 3 is 2.88 bits per heavy atom. The number of rotatable bonds is 5. The zero-order chi connectivity index (χ0) is 12.0. The van der Waals surface area contributed by atoms with Crippen LogP contribution in [0.3, 0.4) is 0 Å². The fourth-order valence-electron chi connectivity index (χ4n) is 1.89. The van der Waals surface area contributed by atoms with Crippen LogP contribution in [0.4, 0.5) is 0 Å². The highest BCUT2D eigenvalue weighted by atomic mass is 16.5. The first-order chi connectivity index (χ1) is 7.65. The van der Waals surface area contributed by atoms with Gasteiger partial charge in [0.25, 0.3) is 5.91 Å². The maximum absolute atomic E-state index is 12.1. The van der Waals surface area contributed by atoms with Crippen LogP contribution in [-0.2, 0) is 9.53 Å². The van der Waals surface area contributed by atoms with E-state index in [0.717, 1.165) is 12.8 Å². The van der Waals surface area contributed by atoms with Gasteiger partial charge in [0.2, 0.25) is 0 Å². The summed E-state index contributed by atoms with van der Waals surface area (Å²) in [6.07, 6.45) is 1.91. The van der Waals surface area contributed by atoms with Crippen LogP contribution in [0.15, 0.2) is 0 Å². The molecule has 0 saturated carbocycles. The minimum atomic E-state index is -0.266. The third kappa shape index (κ3) is 3.82. The molecule has 0 bridgehead atoms. The van der Waals surface area contributed by atoms with E-state index in [-0.39, 0.29) is 12.0 Å². The molecule has 0 aromatic carbocycles. The Hall–Kier alpha value is -1.08. The second-order valence-electron chi connectivity index (χ2n) is 4.59. The molecule has 1 amide bonds. The largest absolute Gasteiger partial charge is 0.368 e. The van der Waals surface area contributed by atoms with Gasteiger partial charge >= 0.3 is 0 Å². The van der Waals surface area contributed by atoms with E-state index in [0.29, 0.717) is 32.0 Å². The van der Waals surface area contributed by atoms with Gasteiger partial charge in [-0.25, -0.2) is 0 Å². The Morgan fingerprint density at radius 2 is 2.38 bits per heavy atom. The SMILES string of the molecule is CC(C)CN(CCC#N)C(=O)C1CCCO1. The highest BCUT2D eigenvalue weighted by Gasteiger charge is 2.28. The van der Waals surface area contributed by atoms with Gasteiger partial charge in [0.1, 0.15) is 6.10 Å². The number of hydrogen-bond donors (Lipinski definition) is 0. The summed E-state index contributed by atoms with van der Waals surface area (Å²) >= 11 is 0. The zero-order valence-electron chi connectivity index (χ0n) is 10.1. The molecule has 90 valence electrons. The van der Waals surface area contributed by atoms with Crippen molar-refractivity contribution < 1.29 is 9.53 Å². The van der Waals surface area contributed by atoms with Crippen molar-refractivity contribution in [2.75, 3.05) is 19.7 Å². The molecule has 16 heavy (non-hydrogen) atoms. The highest BCUT2D eigenvalue weighted by Crippen LogP contribution is 2.15.